The highest BCUT2D eigenvalue weighted by Crippen LogP contribution is 2.18. The van der Waals surface area contributed by atoms with Crippen molar-refractivity contribution in [2.45, 2.75) is 4.90 Å². The van der Waals surface area contributed by atoms with Gasteiger partial charge in [-0.15, -0.1) is 12.6 Å². The van der Waals surface area contributed by atoms with Crippen LogP contribution in [0.5, 0.6) is 0 Å². The van der Waals surface area contributed by atoms with Gasteiger partial charge in [0.1, 0.15) is 5.69 Å². The SMILES string of the molecule is C[N+](C)(C)c1ccc(S)cc1. The molecule has 0 aliphatic rings. The van der Waals surface area contributed by atoms with Gasteiger partial charge in [-0.2, -0.15) is 0 Å². The summed E-state index contributed by atoms with van der Waals surface area (Å²) in [5, 5.41) is 0. The Morgan fingerprint density at radius 1 is 1.00 bits per heavy atom. The van der Waals surface area contributed by atoms with Crippen molar-refractivity contribution in [1.29, 1.82) is 0 Å². The Balaban J connectivity index is 2.99. The summed E-state index contributed by atoms with van der Waals surface area (Å²) in [6.45, 7) is 0. The minimum Gasteiger partial charge on any atom is -0.298 e. The van der Waals surface area contributed by atoms with E-state index in [0.29, 0.717) is 0 Å². The second-order valence-corrected chi connectivity index (χ2v) is 4.05. The maximum absolute atomic E-state index is 4.22. The van der Waals surface area contributed by atoms with E-state index in [2.05, 4.69) is 45.9 Å². The number of quaternary nitrogens is 1. The van der Waals surface area contributed by atoms with Crippen LogP contribution in [0.2, 0.25) is 0 Å². The molecule has 0 amide bonds. The van der Waals surface area contributed by atoms with Crippen molar-refractivity contribution < 1.29 is 0 Å². The van der Waals surface area contributed by atoms with Gasteiger partial charge in [-0.25, -0.2) is 0 Å². The predicted octanol–water partition coefficient (Wildman–Crippen LogP) is 2.17. The summed E-state index contributed by atoms with van der Waals surface area (Å²) in [5.74, 6) is 0. The first kappa shape index (κ1) is 8.62. The monoisotopic (exact) mass is 168 g/mol. The standard InChI is InChI=1S/C9H13NS/c1-10(2,3)8-4-6-9(11)7-5-8/h4-7H,1-3H3/p+1. The van der Waals surface area contributed by atoms with E-state index in [1.807, 2.05) is 12.1 Å². The molecule has 1 aromatic rings. The van der Waals surface area contributed by atoms with Gasteiger partial charge in [-0.3, -0.25) is 4.48 Å². The fourth-order valence-electron chi connectivity index (χ4n) is 0.900. The Labute approximate surface area is 73.7 Å². The molecular formula is C9H14NS+. The van der Waals surface area contributed by atoms with Crippen molar-refractivity contribution in [1.82, 2.24) is 4.48 Å². The van der Waals surface area contributed by atoms with E-state index in [-0.39, 0.29) is 0 Å². The summed E-state index contributed by atoms with van der Waals surface area (Å²) in [6, 6.07) is 8.23. The van der Waals surface area contributed by atoms with Crippen molar-refractivity contribution in [3.8, 4) is 0 Å². The van der Waals surface area contributed by atoms with Crippen LogP contribution in [0.25, 0.3) is 0 Å². The fourth-order valence-corrected chi connectivity index (χ4v) is 1.05. The zero-order chi connectivity index (χ0) is 8.48. The first-order chi connectivity index (χ1) is 5.00. The molecule has 0 radical (unpaired) electrons. The minimum absolute atomic E-state index is 0.855. The zero-order valence-electron chi connectivity index (χ0n) is 7.20. The molecule has 0 atom stereocenters. The average molecular weight is 168 g/mol. The van der Waals surface area contributed by atoms with Crippen molar-refractivity contribution in [3.63, 3.8) is 0 Å². The Morgan fingerprint density at radius 3 is 1.82 bits per heavy atom. The van der Waals surface area contributed by atoms with Gasteiger partial charge in [0.05, 0.1) is 21.1 Å². The van der Waals surface area contributed by atoms with E-state index >= 15 is 0 Å². The third kappa shape index (κ3) is 2.24. The Kier molecular flexibility index (Phi) is 2.25. The summed E-state index contributed by atoms with van der Waals surface area (Å²) in [7, 11) is 6.44. The lowest BCUT2D eigenvalue weighted by Gasteiger charge is -2.23. The summed E-state index contributed by atoms with van der Waals surface area (Å²) < 4.78 is 0.855. The van der Waals surface area contributed by atoms with Gasteiger partial charge in [-0.1, -0.05) is 0 Å². The van der Waals surface area contributed by atoms with E-state index in [1.165, 1.54) is 5.69 Å². The molecular weight excluding hydrogens is 154 g/mol. The third-order valence-electron chi connectivity index (χ3n) is 1.62. The van der Waals surface area contributed by atoms with Crippen LogP contribution in [0.1, 0.15) is 0 Å². The van der Waals surface area contributed by atoms with E-state index in [9.17, 15) is 0 Å². The lowest BCUT2D eigenvalue weighted by molar-refractivity contribution is 0.486. The third-order valence-corrected chi connectivity index (χ3v) is 1.92. The molecule has 1 nitrogen and oxygen atoms in total. The summed E-state index contributed by atoms with van der Waals surface area (Å²) in [5.41, 5.74) is 1.29. The Hall–Kier alpha value is -0.470. The van der Waals surface area contributed by atoms with Crippen LogP contribution in [-0.4, -0.2) is 21.1 Å². The molecule has 0 bridgehead atoms. The number of thiol groups is 1. The average Bonchev–Trinajstić information content (AvgIpc) is 1.86. The van der Waals surface area contributed by atoms with Crippen LogP contribution >= 0.6 is 12.6 Å². The number of nitrogens with zero attached hydrogens (tertiary/aromatic N) is 1. The minimum atomic E-state index is 0.855. The van der Waals surface area contributed by atoms with Crippen LogP contribution in [0.3, 0.4) is 0 Å². The summed E-state index contributed by atoms with van der Waals surface area (Å²) >= 11 is 4.22. The zero-order valence-corrected chi connectivity index (χ0v) is 8.10. The molecule has 0 N–H and O–H groups in total. The maximum Gasteiger partial charge on any atom is 0.132 e. The van der Waals surface area contributed by atoms with Crippen LogP contribution in [-0.2, 0) is 0 Å². The van der Waals surface area contributed by atoms with Gasteiger partial charge in [0.25, 0.3) is 0 Å². The van der Waals surface area contributed by atoms with Gasteiger partial charge in [0.2, 0.25) is 0 Å². The molecule has 2 heteroatoms. The van der Waals surface area contributed by atoms with Crippen LogP contribution in [0.4, 0.5) is 5.69 Å². The number of hydrogen-bond acceptors (Lipinski definition) is 1. The number of benzene rings is 1. The second-order valence-electron chi connectivity index (χ2n) is 3.53. The highest BCUT2D eigenvalue weighted by atomic mass is 32.1. The van der Waals surface area contributed by atoms with E-state index in [1.54, 1.807) is 0 Å². The molecule has 0 unspecified atom stereocenters. The topological polar surface area (TPSA) is 0 Å². The van der Waals surface area contributed by atoms with Crippen molar-refractivity contribution in [2.24, 2.45) is 0 Å². The first-order valence-corrected chi connectivity index (χ1v) is 4.06. The van der Waals surface area contributed by atoms with Crippen molar-refractivity contribution in [2.75, 3.05) is 21.1 Å². The lowest BCUT2D eigenvalue weighted by Crippen LogP contribution is -2.34. The summed E-state index contributed by atoms with van der Waals surface area (Å²) in [6.07, 6.45) is 0. The molecule has 0 saturated carbocycles. The highest BCUT2D eigenvalue weighted by molar-refractivity contribution is 7.80. The van der Waals surface area contributed by atoms with Crippen LogP contribution in [0, 0.1) is 0 Å². The fraction of sp³-hybridized carbons (Fsp3) is 0.333. The van der Waals surface area contributed by atoms with Gasteiger partial charge in [-0.05, 0) is 12.1 Å². The Morgan fingerprint density at radius 2 is 1.45 bits per heavy atom. The van der Waals surface area contributed by atoms with Gasteiger partial charge >= 0.3 is 0 Å². The van der Waals surface area contributed by atoms with E-state index in [4.69, 9.17) is 0 Å². The Bertz CT molecular complexity index is 233. The predicted molar refractivity (Wildman–Crippen MR) is 53.3 cm³/mol. The van der Waals surface area contributed by atoms with E-state index in [0.717, 1.165) is 9.38 Å². The normalized spacial score (nSPS) is 11.6. The molecule has 0 aromatic heterocycles. The summed E-state index contributed by atoms with van der Waals surface area (Å²) in [4.78, 5) is 1.02. The first-order valence-electron chi connectivity index (χ1n) is 3.61. The van der Waals surface area contributed by atoms with Gasteiger partial charge < -0.3 is 0 Å². The largest absolute Gasteiger partial charge is 0.298 e. The van der Waals surface area contributed by atoms with Crippen molar-refractivity contribution in [3.05, 3.63) is 24.3 Å². The van der Waals surface area contributed by atoms with E-state index < -0.39 is 0 Å². The molecule has 0 spiro atoms. The molecule has 60 valence electrons. The quantitative estimate of drug-likeness (QED) is 0.482. The second kappa shape index (κ2) is 2.88. The molecule has 0 saturated heterocycles. The molecule has 1 aromatic carbocycles. The van der Waals surface area contributed by atoms with Crippen LogP contribution in [0.15, 0.2) is 29.2 Å². The number of hydrogen-bond donors (Lipinski definition) is 1. The molecule has 0 aliphatic heterocycles. The maximum atomic E-state index is 4.22. The van der Waals surface area contributed by atoms with Crippen LogP contribution < -0.4 is 4.48 Å². The molecule has 11 heavy (non-hydrogen) atoms. The number of rotatable bonds is 1. The van der Waals surface area contributed by atoms with Gasteiger partial charge in [0.15, 0.2) is 0 Å². The van der Waals surface area contributed by atoms with Crippen molar-refractivity contribution >= 4 is 18.3 Å². The smallest absolute Gasteiger partial charge is 0.132 e. The van der Waals surface area contributed by atoms with Gasteiger partial charge in [0, 0.05) is 17.0 Å². The molecule has 0 fully saturated rings. The lowest BCUT2D eigenvalue weighted by atomic mass is 10.3. The molecule has 0 heterocycles. The highest BCUT2D eigenvalue weighted by Gasteiger charge is 2.09. The molecule has 0 aliphatic carbocycles. The molecule has 1 rings (SSSR count).